The second kappa shape index (κ2) is 8.52. The summed E-state index contributed by atoms with van der Waals surface area (Å²) >= 11 is 34.9. The zero-order chi connectivity index (χ0) is 21.4. The first-order valence-corrected chi connectivity index (χ1v) is 10.6. The van der Waals surface area contributed by atoms with Gasteiger partial charge in [0.15, 0.2) is 11.6 Å². The highest BCUT2D eigenvalue weighted by Crippen LogP contribution is 2.40. The molecular formula is C11H17Cl6N5O3S. The monoisotopic (exact) mass is 509 g/mol. The van der Waals surface area contributed by atoms with Crippen LogP contribution >= 0.6 is 69.6 Å². The van der Waals surface area contributed by atoms with Crippen LogP contribution in [0.1, 0.15) is 24.4 Å². The maximum Gasteiger partial charge on any atom is 0.250 e. The van der Waals surface area contributed by atoms with Gasteiger partial charge in [0.2, 0.25) is 19.1 Å². The van der Waals surface area contributed by atoms with Crippen molar-refractivity contribution >= 4 is 79.7 Å². The lowest BCUT2D eigenvalue weighted by Crippen LogP contribution is -2.59. The predicted molar refractivity (Wildman–Crippen MR) is 103 cm³/mol. The third-order valence-corrected chi connectivity index (χ3v) is 4.00. The van der Waals surface area contributed by atoms with Crippen LogP contribution in [-0.4, -0.2) is 59.8 Å². The molecule has 0 spiro atoms. The average Bonchev–Trinajstić information content (AvgIpc) is 2.32. The lowest BCUT2D eigenvalue weighted by molar-refractivity contribution is -0.930. The van der Waals surface area contributed by atoms with Gasteiger partial charge in [0.1, 0.15) is 0 Å². The van der Waals surface area contributed by atoms with E-state index in [0.29, 0.717) is 6.26 Å². The van der Waals surface area contributed by atoms with Gasteiger partial charge < -0.3 is 9.04 Å². The minimum atomic E-state index is -3.92. The van der Waals surface area contributed by atoms with Gasteiger partial charge in [-0.25, -0.2) is 23.4 Å². The lowest BCUT2D eigenvalue weighted by atomic mass is 10.1. The van der Waals surface area contributed by atoms with E-state index in [-0.39, 0.29) is 22.0 Å². The highest BCUT2D eigenvalue weighted by molar-refractivity contribution is 7.84. The van der Waals surface area contributed by atoms with Crippen LogP contribution in [0.5, 0.6) is 0 Å². The fourth-order valence-electron chi connectivity index (χ4n) is 1.16. The van der Waals surface area contributed by atoms with E-state index in [2.05, 4.69) is 15.0 Å². The molecule has 0 bridgehead atoms. The van der Waals surface area contributed by atoms with Crippen LogP contribution in [-0.2, 0) is 23.4 Å². The molecule has 0 fully saturated rings. The van der Waals surface area contributed by atoms with Gasteiger partial charge in [0.25, 0.3) is 0 Å². The van der Waals surface area contributed by atoms with Crippen LogP contribution in [0.2, 0.25) is 0 Å². The Kier molecular flexibility index (Phi) is 8.71. The van der Waals surface area contributed by atoms with Gasteiger partial charge in [0.05, 0.1) is 31.3 Å². The van der Waals surface area contributed by atoms with E-state index < -0.39 is 23.4 Å². The van der Waals surface area contributed by atoms with E-state index in [1.54, 1.807) is 6.92 Å². The first kappa shape index (κ1) is 26.6. The highest BCUT2D eigenvalue weighted by atomic mass is 35.6. The molecule has 1 aromatic heterocycles. The van der Waals surface area contributed by atoms with Crippen LogP contribution in [0.3, 0.4) is 0 Å². The van der Waals surface area contributed by atoms with Gasteiger partial charge in [-0.15, -0.1) is 0 Å². The van der Waals surface area contributed by atoms with Gasteiger partial charge in [0, 0.05) is 13.2 Å². The second-order valence-corrected chi connectivity index (χ2v) is 12.1. The molecule has 1 unspecified atom stereocenters. The second-order valence-electron chi connectivity index (χ2n) is 6.17. The van der Waals surface area contributed by atoms with E-state index >= 15 is 0 Å². The fraction of sp³-hybridized carbons (Fsp3) is 0.727. The first-order chi connectivity index (χ1) is 11.1. The molecule has 0 radical (unpaired) electrons. The standard InChI is InChI=1S/C10H14Cl6N5.CH4O3S/c1-8(17,21(2,3)4)5-18-6(9(11,12)13)20-7(19-5)10(14,15)16;1-5(2,3)4/h17H2,1-4H3;1H3,(H,2,3,4)/q+1;/p-1. The van der Waals surface area contributed by atoms with Crippen molar-refractivity contribution in [1.29, 1.82) is 0 Å². The summed E-state index contributed by atoms with van der Waals surface area (Å²) in [5.41, 5.74) is 5.27. The van der Waals surface area contributed by atoms with Crippen LogP contribution in [0.15, 0.2) is 0 Å². The molecule has 0 aromatic carbocycles. The molecule has 0 aliphatic heterocycles. The van der Waals surface area contributed by atoms with E-state index in [4.69, 9.17) is 88.3 Å². The first-order valence-electron chi connectivity index (χ1n) is 6.49. The number of aromatic nitrogens is 3. The summed E-state index contributed by atoms with van der Waals surface area (Å²) in [5.74, 6) is -0.180. The molecule has 0 amide bonds. The van der Waals surface area contributed by atoms with Crippen LogP contribution in [0, 0.1) is 0 Å². The number of quaternary nitrogens is 1. The predicted octanol–water partition coefficient (Wildman–Crippen LogP) is 2.52. The van der Waals surface area contributed by atoms with Gasteiger partial charge in [-0.05, 0) is 0 Å². The summed E-state index contributed by atoms with van der Waals surface area (Å²) in [7, 11) is 1.65. The van der Waals surface area contributed by atoms with E-state index in [0.717, 1.165) is 0 Å². The topological polar surface area (TPSA) is 122 Å². The summed E-state index contributed by atoms with van der Waals surface area (Å²) in [6.45, 7) is 1.71. The number of halogens is 6. The molecule has 152 valence electrons. The van der Waals surface area contributed by atoms with Gasteiger partial charge >= 0.3 is 0 Å². The Labute approximate surface area is 182 Å². The molecular weight excluding hydrogens is 495 g/mol. The quantitative estimate of drug-likeness (QED) is 0.280. The summed E-state index contributed by atoms with van der Waals surface area (Å²) in [6.07, 6.45) is 0.604. The highest BCUT2D eigenvalue weighted by Gasteiger charge is 2.43. The largest absolute Gasteiger partial charge is 0.748 e. The lowest BCUT2D eigenvalue weighted by Gasteiger charge is -2.39. The SMILES string of the molecule is CC(N)(c1nc(C(Cl)(Cl)Cl)nc(C(Cl)(Cl)Cl)n1)[N+](C)(C)C.CS(=O)(=O)[O-]. The Hall–Kier alpha value is 0.580. The van der Waals surface area contributed by atoms with Crippen molar-refractivity contribution in [2.45, 2.75) is 20.2 Å². The Bertz CT molecular complexity index is 700. The van der Waals surface area contributed by atoms with Crippen molar-refractivity contribution in [1.82, 2.24) is 15.0 Å². The minimum absolute atomic E-state index is 0.146. The molecule has 1 atom stereocenters. The molecule has 26 heavy (non-hydrogen) atoms. The third kappa shape index (κ3) is 8.72. The molecule has 2 N–H and O–H groups in total. The Morgan fingerprint density at radius 1 is 0.885 bits per heavy atom. The maximum absolute atomic E-state index is 9.08. The smallest absolute Gasteiger partial charge is 0.250 e. The summed E-state index contributed by atoms with van der Waals surface area (Å²) in [5, 5.41) is 0. The molecule has 0 saturated heterocycles. The van der Waals surface area contributed by atoms with Crippen LogP contribution in [0.4, 0.5) is 0 Å². The van der Waals surface area contributed by atoms with Crippen molar-refractivity contribution in [3.8, 4) is 0 Å². The van der Waals surface area contributed by atoms with Crippen LogP contribution < -0.4 is 5.73 Å². The van der Waals surface area contributed by atoms with E-state index in [1.165, 1.54) is 0 Å². The number of hydrogen-bond acceptors (Lipinski definition) is 7. The van der Waals surface area contributed by atoms with E-state index in [9.17, 15) is 0 Å². The zero-order valence-electron chi connectivity index (χ0n) is 14.3. The van der Waals surface area contributed by atoms with Crippen molar-refractivity contribution < 1.29 is 17.5 Å². The summed E-state index contributed by atoms with van der Waals surface area (Å²) < 4.78 is 23.7. The Morgan fingerprint density at radius 3 is 1.31 bits per heavy atom. The Balaban J connectivity index is 0.00000110. The fourth-order valence-corrected chi connectivity index (χ4v) is 1.66. The normalized spacial score (nSPS) is 15.7. The zero-order valence-corrected chi connectivity index (χ0v) is 19.6. The van der Waals surface area contributed by atoms with Crippen molar-refractivity contribution in [2.75, 3.05) is 27.4 Å². The number of nitrogens with zero attached hydrogens (tertiary/aromatic N) is 4. The van der Waals surface area contributed by atoms with Gasteiger partial charge in [-0.1, -0.05) is 69.6 Å². The number of alkyl halides is 6. The van der Waals surface area contributed by atoms with E-state index in [1.807, 2.05) is 21.1 Å². The summed E-state index contributed by atoms with van der Waals surface area (Å²) in [4.78, 5) is 12.1. The van der Waals surface area contributed by atoms with Crippen molar-refractivity contribution in [3.63, 3.8) is 0 Å². The summed E-state index contributed by atoms with van der Waals surface area (Å²) in [6, 6.07) is 0. The number of nitrogens with two attached hydrogens (primary N) is 1. The maximum atomic E-state index is 9.08. The third-order valence-electron chi connectivity index (χ3n) is 2.99. The van der Waals surface area contributed by atoms with Crippen LogP contribution in [0.25, 0.3) is 0 Å². The molecule has 8 nitrogen and oxygen atoms in total. The molecule has 0 saturated carbocycles. The molecule has 15 heteroatoms. The Morgan fingerprint density at radius 2 is 1.12 bits per heavy atom. The number of rotatable bonds is 2. The average molecular weight is 512 g/mol. The van der Waals surface area contributed by atoms with Gasteiger partial charge in [-0.2, -0.15) is 0 Å². The van der Waals surface area contributed by atoms with Gasteiger partial charge in [-0.3, -0.25) is 5.73 Å². The van der Waals surface area contributed by atoms with Crippen molar-refractivity contribution in [2.24, 2.45) is 5.73 Å². The molecule has 0 aliphatic rings. The molecule has 1 rings (SSSR count). The number of hydrogen-bond donors (Lipinski definition) is 1. The molecule has 1 heterocycles. The molecule has 0 aliphatic carbocycles. The van der Waals surface area contributed by atoms with Crippen molar-refractivity contribution in [3.05, 3.63) is 17.5 Å². The molecule has 1 aromatic rings. The minimum Gasteiger partial charge on any atom is -0.748 e.